The minimum Gasteiger partial charge on any atom is -0.510 e. The highest BCUT2D eigenvalue weighted by atomic mass is 16.5. The molecule has 176 valence electrons. The predicted octanol–water partition coefficient (Wildman–Crippen LogP) is 0.519. The van der Waals surface area contributed by atoms with Gasteiger partial charge in [-0.05, 0) is 51.9 Å². The molecule has 4 rings (SSSR count). The van der Waals surface area contributed by atoms with Crippen LogP contribution in [0.4, 0.5) is 0 Å². The summed E-state index contributed by atoms with van der Waals surface area (Å²) in [5.41, 5.74) is 2.04. The number of primary amides is 1. The quantitative estimate of drug-likeness (QED) is 0.403. The molecular formula is C23H26N2O8. The lowest BCUT2D eigenvalue weighted by Gasteiger charge is -2.50. The van der Waals surface area contributed by atoms with Crippen molar-refractivity contribution in [2.45, 2.75) is 31.4 Å². The Morgan fingerprint density at radius 3 is 2.48 bits per heavy atom. The first-order valence-corrected chi connectivity index (χ1v) is 10.6. The Bertz CT molecular complexity index is 1150. The number of aliphatic hydroxyl groups is 3. The van der Waals surface area contributed by atoms with Crippen LogP contribution in [0.2, 0.25) is 0 Å². The maximum Gasteiger partial charge on any atom is 0.255 e. The van der Waals surface area contributed by atoms with Gasteiger partial charge in [-0.3, -0.25) is 19.3 Å². The zero-order valence-electron chi connectivity index (χ0n) is 18.5. The minimum absolute atomic E-state index is 0.0347. The Morgan fingerprint density at radius 1 is 1.24 bits per heavy atom. The van der Waals surface area contributed by atoms with Gasteiger partial charge in [-0.25, -0.2) is 0 Å². The molecule has 3 aliphatic carbocycles. The van der Waals surface area contributed by atoms with Crippen molar-refractivity contribution >= 4 is 17.5 Å². The number of nitrogens with two attached hydrogens (primary N) is 1. The number of Topliss-reactive ketones (excluding diaryl/α,β-unsaturated/α-hetero) is 2. The minimum atomic E-state index is -2.64. The molecule has 1 amide bonds. The molecule has 0 saturated heterocycles. The Balaban J connectivity index is 1.96. The third-order valence-corrected chi connectivity index (χ3v) is 6.86. The fourth-order valence-corrected chi connectivity index (χ4v) is 5.51. The van der Waals surface area contributed by atoms with E-state index in [1.54, 1.807) is 27.1 Å². The smallest absolute Gasteiger partial charge is 0.255 e. The molecule has 3 aliphatic rings. The van der Waals surface area contributed by atoms with Crippen molar-refractivity contribution in [2.75, 3.05) is 20.7 Å². The Labute approximate surface area is 189 Å². The molecule has 0 heterocycles. The van der Waals surface area contributed by atoms with Gasteiger partial charge in [-0.1, -0.05) is 0 Å². The lowest BCUT2D eigenvalue weighted by molar-refractivity contribution is -0.148. The molecule has 4 atom stereocenters. The average Bonchev–Trinajstić information content (AvgIpc) is 2.72. The number of rotatable bonds is 4. The summed E-state index contributed by atoms with van der Waals surface area (Å²) in [6.45, 7) is 2.11. The van der Waals surface area contributed by atoms with Crippen LogP contribution in [-0.2, 0) is 16.0 Å². The van der Waals surface area contributed by atoms with Gasteiger partial charge in [0.2, 0.25) is 5.78 Å². The van der Waals surface area contributed by atoms with Crippen LogP contribution >= 0.6 is 0 Å². The Kier molecular flexibility index (Phi) is 5.25. The van der Waals surface area contributed by atoms with Gasteiger partial charge < -0.3 is 30.9 Å². The molecular weight excluding hydrogens is 432 g/mol. The zero-order valence-corrected chi connectivity index (χ0v) is 18.5. The molecule has 1 aromatic carbocycles. The molecule has 0 aliphatic heterocycles. The normalized spacial score (nSPS) is 29.1. The van der Waals surface area contributed by atoms with Crippen molar-refractivity contribution in [1.29, 1.82) is 0 Å². The largest absolute Gasteiger partial charge is 0.510 e. The highest BCUT2D eigenvalue weighted by Gasteiger charge is 2.63. The maximum absolute atomic E-state index is 13.4. The lowest BCUT2D eigenvalue weighted by atomic mass is 9.58. The molecule has 0 fully saturated rings. The van der Waals surface area contributed by atoms with Crippen molar-refractivity contribution in [1.82, 2.24) is 4.90 Å². The van der Waals surface area contributed by atoms with Gasteiger partial charge in [-0.15, -0.1) is 0 Å². The number of hydrogen-bond donors (Lipinski definition) is 5. The number of aromatic hydroxyl groups is 1. The van der Waals surface area contributed by atoms with Gasteiger partial charge in [0.05, 0.1) is 18.2 Å². The van der Waals surface area contributed by atoms with E-state index >= 15 is 0 Å². The number of phenolic OH excluding ortho intramolecular Hbond substituents is 1. The molecule has 33 heavy (non-hydrogen) atoms. The van der Waals surface area contributed by atoms with E-state index in [2.05, 4.69) is 0 Å². The van der Waals surface area contributed by atoms with E-state index in [-0.39, 0.29) is 29.7 Å². The Morgan fingerprint density at radius 2 is 1.91 bits per heavy atom. The van der Waals surface area contributed by atoms with E-state index in [1.165, 1.54) is 11.0 Å². The number of nitrogens with zero attached hydrogens (tertiary/aromatic N) is 1. The molecule has 0 radical (unpaired) electrons. The number of amides is 1. The third-order valence-electron chi connectivity index (χ3n) is 6.86. The van der Waals surface area contributed by atoms with E-state index in [0.29, 0.717) is 17.9 Å². The lowest BCUT2D eigenvalue weighted by Crippen LogP contribution is -2.63. The van der Waals surface area contributed by atoms with Crippen LogP contribution < -0.4 is 10.5 Å². The highest BCUT2D eigenvalue weighted by Crippen LogP contribution is 2.53. The first-order chi connectivity index (χ1) is 15.5. The SMILES string of the molecule is CCOc1ccc(O)c2c1CC1CC3C(N(C)C)C(O)=C(C(N)=O)C(=O)C3(O)C(O)=C1C2=O. The summed E-state index contributed by atoms with van der Waals surface area (Å²) < 4.78 is 5.62. The van der Waals surface area contributed by atoms with Crippen LogP contribution in [0.1, 0.15) is 29.3 Å². The number of phenols is 1. The topological polar surface area (TPSA) is 171 Å². The number of aliphatic hydroxyl groups excluding tert-OH is 2. The van der Waals surface area contributed by atoms with Crippen LogP contribution in [0.15, 0.2) is 34.8 Å². The van der Waals surface area contributed by atoms with Gasteiger partial charge >= 0.3 is 0 Å². The fraction of sp³-hybridized carbons (Fsp3) is 0.435. The summed E-state index contributed by atoms with van der Waals surface area (Å²) in [6.07, 6.45) is 0.227. The highest BCUT2D eigenvalue weighted by molar-refractivity contribution is 6.24. The van der Waals surface area contributed by atoms with Crippen LogP contribution in [0, 0.1) is 11.8 Å². The number of ether oxygens (including phenoxy) is 1. The molecule has 4 unspecified atom stereocenters. The van der Waals surface area contributed by atoms with Crippen molar-refractivity contribution in [2.24, 2.45) is 17.6 Å². The van der Waals surface area contributed by atoms with Crippen molar-refractivity contribution < 1.29 is 39.5 Å². The van der Waals surface area contributed by atoms with Crippen molar-refractivity contribution in [3.8, 4) is 11.5 Å². The summed E-state index contributed by atoms with van der Waals surface area (Å²) in [5.74, 6) is -6.32. The molecule has 0 bridgehead atoms. The predicted molar refractivity (Wildman–Crippen MR) is 115 cm³/mol. The number of hydrogen-bond acceptors (Lipinski definition) is 9. The molecule has 0 saturated carbocycles. The molecule has 10 heteroatoms. The van der Waals surface area contributed by atoms with E-state index in [1.807, 2.05) is 0 Å². The number of carbonyl (C=O) groups is 3. The maximum atomic E-state index is 13.4. The second-order valence-corrected chi connectivity index (χ2v) is 8.83. The monoisotopic (exact) mass is 458 g/mol. The number of allylic oxidation sites excluding steroid dienone is 1. The van der Waals surface area contributed by atoms with E-state index in [9.17, 15) is 34.8 Å². The summed E-state index contributed by atoms with van der Waals surface area (Å²) in [6, 6.07) is 1.84. The molecule has 0 spiro atoms. The van der Waals surface area contributed by atoms with E-state index < -0.39 is 58.0 Å². The third kappa shape index (κ3) is 2.97. The molecule has 6 N–H and O–H groups in total. The first-order valence-electron chi connectivity index (χ1n) is 10.6. The number of benzene rings is 1. The summed E-state index contributed by atoms with van der Waals surface area (Å²) >= 11 is 0. The molecule has 0 aromatic heterocycles. The van der Waals surface area contributed by atoms with Gasteiger partial charge in [-0.2, -0.15) is 0 Å². The van der Waals surface area contributed by atoms with Crippen molar-refractivity contribution in [3.63, 3.8) is 0 Å². The Hall–Kier alpha value is -3.37. The first kappa shape index (κ1) is 22.8. The van der Waals surface area contributed by atoms with Gasteiger partial charge in [0.1, 0.15) is 28.6 Å². The summed E-state index contributed by atoms with van der Waals surface area (Å²) in [4.78, 5) is 40.1. The second kappa shape index (κ2) is 7.60. The fourth-order valence-electron chi connectivity index (χ4n) is 5.51. The van der Waals surface area contributed by atoms with Crippen LogP contribution in [0.5, 0.6) is 11.5 Å². The van der Waals surface area contributed by atoms with Crippen LogP contribution in [-0.4, -0.2) is 75.1 Å². The van der Waals surface area contributed by atoms with Gasteiger partial charge in [0.15, 0.2) is 11.4 Å². The van der Waals surface area contributed by atoms with E-state index in [4.69, 9.17) is 10.5 Å². The van der Waals surface area contributed by atoms with Crippen molar-refractivity contribution in [3.05, 3.63) is 45.9 Å². The number of ketones is 2. The second-order valence-electron chi connectivity index (χ2n) is 8.83. The zero-order chi connectivity index (χ0) is 24.4. The van der Waals surface area contributed by atoms with E-state index in [0.717, 1.165) is 0 Å². The average molecular weight is 458 g/mol. The number of fused-ring (bicyclic) bond motifs is 3. The summed E-state index contributed by atoms with van der Waals surface area (Å²) in [5, 5.41) is 43.8. The van der Waals surface area contributed by atoms with Crippen LogP contribution in [0.3, 0.4) is 0 Å². The van der Waals surface area contributed by atoms with Gasteiger partial charge in [0.25, 0.3) is 5.91 Å². The van der Waals surface area contributed by atoms with Gasteiger partial charge in [0, 0.05) is 17.1 Å². The van der Waals surface area contributed by atoms with Crippen LogP contribution in [0.25, 0.3) is 0 Å². The number of carbonyl (C=O) groups excluding carboxylic acids is 3. The standard InChI is InChI=1S/C23H26N2O8/c1-4-33-13-6-5-12(26)15-10(13)7-9-8-11-17(25(2)3)19(28)16(22(24)31)21(30)23(11,32)20(29)14(9)18(15)27/h5-6,9,11,17,26,28-29,32H,4,7-8H2,1-3H3,(H2,24,31). The summed E-state index contributed by atoms with van der Waals surface area (Å²) in [7, 11) is 3.16. The molecule has 10 nitrogen and oxygen atoms in total. The molecule has 1 aromatic rings. The number of likely N-dealkylation sites (N-methyl/N-ethyl adjacent to an activating group) is 1.